The Kier molecular flexibility index (Phi) is 6.54. The van der Waals surface area contributed by atoms with Crippen LogP contribution in [0.1, 0.15) is 6.23 Å². The van der Waals surface area contributed by atoms with Crippen molar-refractivity contribution in [3.8, 4) is 0 Å². The van der Waals surface area contributed by atoms with Crippen LogP contribution in [0.4, 0.5) is 10.6 Å². The minimum Gasteiger partial charge on any atom is -0.440 e. The molecule has 154 valence electrons. The summed E-state index contributed by atoms with van der Waals surface area (Å²) in [6.45, 7) is 1.12. The summed E-state index contributed by atoms with van der Waals surface area (Å²) < 4.78 is 13.1. The third kappa shape index (κ3) is 4.29. The molecule has 1 aliphatic heterocycles. The molecule has 3 heterocycles. The summed E-state index contributed by atoms with van der Waals surface area (Å²) in [5.74, 6) is 0.789. The largest absolute Gasteiger partial charge is 0.440 e. The molecule has 0 aliphatic carbocycles. The van der Waals surface area contributed by atoms with Crippen LogP contribution in [-0.4, -0.2) is 93.1 Å². The van der Waals surface area contributed by atoms with Crippen molar-refractivity contribution in [2.24, 2.45) is 0 Å². The summed E-state index contributed by atoms with van der Waals surface area (Å²) in [5, 5.41) is 13.5. The third-order valence-corrected chi connectivity index (χ3v) is 5.03. The summed E-state index contributed by atoms with van der Waals surface area (Å²) in [5.41, 5.74) is 6.69. The van der Waals surface area contributed by atoms with E-state index in [1.165, 1.54) is 24.4 Å². The molecule has 4 atom stereocenters. The number of aromatic nitrogens is 4. The number of nitrogens with zero attached hydrogens (tertiary/aromatic N) is 5. The number of amides is 1. The average Bonchev–Trinajstić information content (AvgIpc) is 3.19. The predicted octanol–water partition coefficient (Wildman–Crippen LogP) is -0.314. The molecule has 1 fully saturated rings. The number of rotatable bonds is 7. The number of likely N-dealkylation sites (N-methyl/N-ethyl adjacent to an activating group) is 1. The van der Waals surface area contributed by atoms with Crippen molar-refractivity contribution < 1.29 is 19.4 Å². The SMILES string of the molecule is CSC[C@H]1O[C@@H](n2cnc3c(N)ncnc32)[C@H](O)[C@@H]1OC(=O)NCCN(C)C. The Balaban J connectivity index is 1.76. The van der Waals surface area contributed by atoms with Crippen LogP contribution in [-0.2, 0) is 9.47 Å². The molecule has 11 nitrogen and oxygen atoms in total. The van der Waals surface area contributed by atoms with Crippen LogP contribution in [0, 0.1) is 0 Å². The third-order valence-electron chi connectivity index (χ3n) is 4.37. The lowest BCUT2D eigenvalue weighted by molar-refractivity contribution is -0.0290. The maximum Gasteiger partial charge on any atom is 0.407 e. The lowest BCUT2D eigenvalue weighted by atomic mass is 10.1. The van der Waals surface area contributed by atoms with Gasteiger partial charge in [-0.1, -0.05) is 0 Å². The number of nitrogen functional groups attached to an aromatic ring is 1. The van der Waals surface area contributed by atoms with Gasteiger partial charge in [-0.2, -0.15) is 11.8 Å². The second kappa shape index (κ2) is 8.90. The van der Waals surface area contributed by atoms with E-state index in [-0.39, 0.29) is 5.82 Å². The number of imidazole rings is 1. The van der Waals surface area contributed by atoms with E-state index in [9.17, 15) is 9.90 Å². The number of nitrogens with two attached hydrogens (primary N) is 1. The van der Waals surface area contributed by atoms with Crippen LogP contribution < -0.4 is 11.1 Å². The van der Waals surface area contributed by atoms with Crippen molar-refractivity contribution in [3.05, 3.63) is 12.7 Å². The number of carbonyl (C=O) groups is 1. The Morgan fingerprint density at radius 1 is 1.46 bits per heavy atom. The van der Waals surface area contributed by atoms with Gasteiger partial charge in [0.15, 0.2) is 23.8 Å². The van der Waals surface area contributed by atoms with E-state index in [1.807, 2.05) is 25.3 Å². The number of anilines is 1. The fourth-order valence-electron chi connectivity index (χ4n) is 3.00. The number of thioether (sulfide) groups is 1. The van der Waals surface area contributed by atoms with Crippen molar-refractivity contribution in [2.45, 2.75) is 24.5 Å². The van der Waals surface area contributed by atoms with Crippen LogP contribution in [0.25, 0.3) is 11.2 Å². The molecule has 2 aromatic heterocycles. The summed E-state index contributed by atoms with van der Waals surface area (Å²) in [7, 11) is 3.82. The summed E-state index contributed by atoms with van der Waals surface area (Å²) in [4.78, 5) is 26.4. The fraction of sp³-hybridized carbons (Fsp3) is 0.625. The van der Waals surface area contributed by atoms with Gasteiger partial charge in [-0.3, -0.25) is 4.57 Å². The van der Waals surface area contributed by atoms with Gasteiger partial charge in [0.1, 0.15) is 24.1 Å². The molecule has 0 unspecified atom stereocenters. The summed E-state index contributed by atoms with van der Waals surface area (Å²) in [6, 6.07) is 0. The Bertz CT molecular complexity index is 817. The Hall–Kier alpha value is -2.15. The number of ether oxygens (including phenoxy) is 2. The Morgan fingerprint density at radius 2 is 2.25 bits per heavy atom. The molecule has 0 bridgehead atoms. The first kappa shape index (κ1) is 20.6. The second-order valence-corrected chi connectivity index (χ2v) is 7.60. The average molecular weight is 411 g/mol. The van der Waals surface area contributed by atoms with Crippen molar-refractivity contribution in [1.29, 1.82) is 0 Å². The molecule has 4 N–H and O–H groups in total. The Morgan fingerprint density at radius 3 is 2.96 bits per heavy atom. The number of hydrogen-bond donors (Lipinski definition) is 3. The minimum atomic E-state index is -1.09. The molecule has 1 aliphatic rings. The molecule has 0 spiro atoms. The molecular weight excluding hydrogens is 386 g/mol. The van der Waals surface area contributed by atoms with Gasteiger partial charge in [0.25, 0.3) is 0 Å². The number of fused-ring (bicyclic) bond motifs is 1. The van der Waals surface area contributed by atoms with E-state index in [1.54, 1.807) is 4.57 Å². The summed E-state index contributed by atoms with van der Waals surface area (Å²) >= 11 is 1.53. The fourth-order valence-corrected chi connectivity index (χ4v) is 3.59. The second-order valence-electron chi connectivity index (χ2n) is 6.69. The van der Waals surface area contributed by atoms with Gasteiger partial charge < -0.3 is 30.5 Å². The maximum absolute atomic E-state index is 12.1. The first-order valence-electron chi connectivity index (χ1n) is 8.77. The smallest absolute Gasteiger partial charge is 0.407 e. The van der Waals surface area contributed by atoms with Crippen molar-refractivity contribution in [3.63, 3.8) is 0 Å². The highest BCUT2D eigenvalue weighted by molar-refractivity contribution is 7.98. The molecule has 2 aromatic rings. The van der Waals surface area contributed by atoms with E-state index in [2.05, 4.69) is 20.3 Å². The molecule has 0 saturated carbocycles. The highest BCUT2D eigenvalue weighted by Gasteiger charge is 2.47. The first-order valence-corrected chi connectivity index (χ1v) is 10.2. The van der Waals surface area contributed by atoms with Gasteiger partial charge in [-0.15, -0.1) is 0 Å². The number of carbonyl (C=O) groups excluding carboxylic acids is 1. The first-order chi connectivity index (χ1) is 13.4. The van der Waals surface area contributed by atoms with Gasteiger partial charge in [-0.25, -0.2) is 19.7 Å². The van der Waals surface area contributed by atoms with E-state index < -0.39 is 30.6 Å². The minimum absolute atomic E-state index is 0.241. The van der Waals surface area contributed by atoms with E-state index in [4.69, 9.17) is 15.2 Å². The topological polar surface area (TPSA) is 141 Å². The standard InChI is InChI=1S/C16H25N7O4S/c1-22(2)5-4-18-16(25)27-12-9(6-28-3)26-15(11(12)24)23-8-21-10-13(17)19-7-20-14(10)23/h7-9,11-12,15,24H,4-6H2,1-3H3,(H,18,25)(H2,17,19,20)/t9-,11-,12-,15-/m1/s1. The van der Waals surface area contributed by atoms with E-state index in [0.29, 0.717) is 30.0 Å². The zero-order valence-electron chi connectivity index (χ0n) is 16.0. The van der Waals surface area contributed by atoms with E-state index >= 15 is 0 Å². The van der Waals surface area contributed by atoms with Gasteiger partial charge in [-0.05, 0) is 20.4 Å². The molecule has 0 radical (unpaired) electrons. The number of aliphatic hydroxyl groups is 1. The highest BCUT2D eigenvalue weighted by atomic mass is 32.2. The maximum atomic E-state index is 12.1. The van der Waals surface area contributed by atoms with Crippen molar-refractivity contribution in [2.75, 3.05) is 44.9 Å². The van der Waals surface area contributed by atoms with Crippen LogP contribution in [0.3, 0.4) is 0 Å². The normalized spacial score (nSPS) is 24.8. The monoisotopic (exact) mass is 411 g/mol. The molecule has 12 heteroatoms. The predicted molar refractivity (Wildman–Crippen MR) is 105 cm³/mol. The molecule has 3 rings (SSSR count). The van der Waals surface area contributed by atoms with Gasteiger partial charge in [0.05, 0.1) is 6.33 Å². The lowest BCUT2D eigenvalue weighted by Gasteiger charge is -2.21. The molecular formula is C16H25N7O4S. The van der Waals surface area contributed by atoms with Gasteiger partial charge in [0.2, 0.25) is 0 Å². The Labute approximate surface area is 166 Å². The van der Waals surface area contributed by atoms with Crippen LogP contribution in [0.5, 0.6) is 0 Å². The number of aliphatic hydroxyl groups excluding tert-OH is 1. The van der Waals surface area contributed by atoms with Crippen LogP contribution in [0.15, 0.2) is 12.7 Å². The lowest BCUT2D eigenvalue weighted by Crippen LogP contribution is -2.41. The van der Waals surface area contributed by atoms with Crippen molar-refractivity contribution >= 4 is 34.8 Å². The quantitative estimate of drug-likeness (QED) is 0.555. The molecule has 1 saturated heterocycles. The summed E-state index contributed by atoms with van der Waals surface area (Å²) in [6.07, 6.45) is 0.921. The zero-order valence-corrected chi connectivity index (χ0v) is 16.8. The number of nitrogens with one attached hydrogen (secondary N) is 1. The van der Waals surface area contributed by atoms with Crippen LogP contribution >= 0.6 is 11.8 Å². The number of alkyl carbamates (subject to hydrolysis) is 1. The molecule has 28 heavy (non-hydrogen) atoms. The van der Waals surface area contributed by atoms with Gasteiger partial charge >= 0.3 is 6.09 Å². The zero-order chi connectivity index (χ0) is 20.3. The molecule has 0 aromatic carbocycles. The number of hydrogen-bond acceptors (Lipinski definition) is 10. The molecule has 1 amide bonds. The van der Waals surface area contributed by atoms with Crippen LogP contribution in [0.2, 0.25) is 0 Å². The van der Waals surface area contributed by atoms with Gasteiger partial charge in [0, 0.05) is 18.8 Å². The van der Waals surface area contributed by atoms with Crippen molar-refractivity contribution in [1.82, 2.24) is 29.7 Å². The van der Waals surface area contributed by atoms with E-state index in [0.717, 1.165) is 0 Å². The highest BCUT2D eigenvalue weighted by Crippen LogP contribution is 2.34.